The Morgan fingerprint density at radius 3 is 2.38 bits per heavy atom. The highest BCUT2D eigenvalue weighted by Crippen LogP contribution is 2.13. The molecule has 0 aliphatic carbocycles. The smallest absolute Gasteiger partial charge is 0.310 e. The van der Waals surface area contributed by atoms with E-state index < -0.39 is 0 Å². The molecule has 1 fully saturated rings. The van der Waals surface area contributed by atoms with Gasteiger partial charge in [-0.25, -0.2) is 0 Å². The van der Waals surface area contributed by atoms with Crippen molar-refractivity contribution < 1.29 is 9.53 Å². The first kappa shape index (κ1) is 16.0. The standard InChI is InChI=1S/C18H27NO2/c1-16(14-19-12-8-3-2-4-9-13-19)18(20)21-15-17-10-6-5-7-11-17/h5-7,10-11,16H,2-4,8-9,12-15H2,1H3. The van der Waals surface area contributed by atoms with Gasteiger partial charge >= 0.3 is 5.97 Å². The third kappa shape index (κ3) is 5.88. The second-order valence-electron chi connectivity index (χ2n) is 6.06. The van der Waals surface area contributed by atoms with Gasteiger partial charge in [-0.2, -0.15) is 0 Å². The Bertz CT molecular complexity index is 410. The maximum Gasteiger partial charge on any atom is 0.310 e. The van der Waals surface area contributed by atoms with Gasteiger partial charge in [-0.3, -0.25) is 4.79 Å². The third-order valence-corrected chi connectivity index (χ3v) is 4.11. The normalized spacial score (nSPS) is 18.5. The molecule has 0 amide bonds. The number of ether oxygens (including phenoxy) is 1. The number of nitrogens with zero attached hydrogens (tertiary/aromatic N) is 1. The van der Waals surface area contributed by atoms with Crippen molar-refractivity contribution in [3.8, 4) is 0 Å². The molecule has 1 atom stereocenters. The van der Waals surface area contributed by atoms with Crippen molar-refractivity contribution in [2.24, 2.45) is 5.92 Å². The zero-order valence-corrected chi connectivity index (χ0v) is 13.1. The summed E-state index contributed by atoms with van der Waals surface area (Å²) in [6, 6.07) is 9.86. The Morgan fingerprint density at radius 1 is 1.10 bits per heavy atom. The molecule has 0 radical (unpaired) electrons. The number of rotatable bonds is 5. The SMILES string of the molecule is CC(CN1CCCCCCC1)C(=O)OCc1ccccc1. The van der Waals surface area contributed by atoms with Gasteiger partial charge in [0.05, 0.1) is 5.92 Å². The summed E-state index contributed by atoms with van der Waals surface area (Å²) in [4.78, 5) is 14.5. The van der Waals surface area contributed by atoms with Crippen molar-refractivity contribution in [3.63, 3.8) is 0 Å². The minimum atomic E-state index is -0.0825. The second kappa shape index (κ2) is 8.83. The van der Waals surface area contributed by atoms with Gasteiger partial charge < -0.3 is 9.64 Å². The van der Waals surface area contributed by atoms with E-state index in [2.05, 4.69) is 4.90 Å². The molecule has 1 aromatic carbocycles. The van der Waals surface area contributed by atoms with Crippen LogP contribution in [-0.4, -0.2) is 30.5 Å². The summed E-state index contributed by atoms with van der Waals surface area (Å²) in [5, 5.41) is 0. The molecule has 0 bridgehead atoms. The lowest BCUT2D eigenvalue weighted by atomic mass is 10.1. The first-order valence-corrected chi connectivity index (χ1v) is 8.18. The number of carbonyl (C=O) groups is 1. The second-order valence-corrected chi connectivity index (χ2v) is 6.06. The van der Waals surface area contributed by atoms with Crippen LogP contribution in [-0.2, 0) is 16.1 Å². The van der Waals surface area contributed by atoms with E-state index in [0.717, 1.165) is 25.2 Å². The summed E-state index contributed by atoms with van der Waals surface area (Å²) >= 11 is 0. The number of hydrogen-bond acceptors (Lipinski definition) is 3. The molecule has 0 spiro atoms. The first-order chi connectivity index (χ1) is 10.3. The lowest BCUT2D eigenvalue weighted by molar-refractivity contribution is -0.150. The summed E-state index contributed by atoms with van der Waals surface area (Å²) < 4.78 is 5.42. The van der Waals surface area contributed by atoms with Crippen LogP contribution in [0.3, 0.4) is 0 Å². The van der Waals surface area contributed by atoms with Gasteiger partial charge in [-0.15, -0.1) is 0 Å². The van der Waals surface area contributed by atoms with Crippen LogP contribution in [0, 0.1) is 5.92 Å². The largest absolute Gasteiger partial charge is 0.461 e. The van der Waals surface area contributed by atoms with Gasteiger partial charge in [-0.1, -0.05) is 56.5 Å². The molecule has 0 saturated carbocycles. The Hall–Kier alpha value is -1.35. The highest BCUT2D eigenvalue weighted by Gasteiger charge is 2.19. The van der Waals surface area contributed by atoms with Crippen LogP contribution in [0.15, 0.2) is 30.3 Å². The molecule has 3 heteroatoms. The topological polar surface area (TPSA) is 29.5 Å². The van der Waals surface area contributed by atoms with Crippen molar-refractivity contribution in [2.75, 3.05) is 19.6 Å². The molecule has 3 nitrogen and oxygen atoms in total. The Morgan fingerprint density at radius 2 is 1.71 bits per heavy atom. The van der Waals surface area contributed by atoms with Gasteiger partial charge in [0.25, 0.3) is 0 Å². The summed E-state index contributed by atoms with van der Waals surface area (Å²) in [5.41, 5.74) is 1.05. The fourth-order valence-electron chi connectivity index (χ4n) is 2.83. The van der Waals surface area contributed by atoms with Crippen molar-refractivity contribution in [3.05, 3.63) is 35.9 Å². The molecule has 116 valence electrons. The predicted octanol–water partition coefficient (Wildman–Crippen LogP) is 3.63. The molecular weight excluding hydrogens is 262 g/mol. The van der Waals surface area contributed by atoms with Crippen LogP contribution in [0.1, 0.15) is 44.6 Å². The molecular formula is C18H27NO2. The molecule has 2 rings (SSSR count). The van der Waals surface area contributed by atoms with E-state index in [9.17, 15) is 4.79 Å². The fraction of sp³-hybridized carbons (Fsp3) is 0.611. The molecule has 21 heavy (non-hydrogen) atoms. The molecule has 1 saturated heterocycles. The summed E-state index contributed by atoms with van der Waals surface area (Å²) in [7, 11) is 0. The molecule has 0 aromatic heterocycles. The molecule has 1 heterocycles. The van der Waals surface area contributed by atoms with Crippen LogP contribution in [0.2, 0.25) is 0 Å². The van der Waals surface area contributed by atoms with Gasteiger partial charge in [-0.05, 0) is 31.5 Å². The summed E-state index contributed by atoms with van der Waals surface area (Å²) in [5.74, 6) is -0.131. The number of esters is 1. The molecule has 0 N–H and O–H groups in total. The number of hydrogen-bond donors (Lipinski definition) is 0. The van der Waals surface area contributed by atoms with E-state index in [0.29, 0.717) is 6.61 Å². The maximum atomic E-state index is 12.1. The van der Waals surface area contributed by atoms with Crippen LogP contribution in [0.25, 0.3) is 0 Å². The average Bonchev–Trinajstić information content (AvgIpc) is 2.48. The number of benzene rings is 1. The predicted molar refractivity (Wildman–Crippen MR) is 84.9 cm³/mol. The summed E-state index contributed by atoms with van der Waals surface area (Å²) in [6.45, 7) is 5.43. The molecule has 1 unspecified atom stereocenters. The maximum absolute atomic E-state index is 12.1. The van der Waals surface area contributed by atoms with Crippen LogP contribution < -0.4 is 0 Å². The highest BCUT2D eigenvalue weighted by atomic mass is 16.5. The summed E-state index contributed by atoms with van der Waals surface area (Å²) in [6.07, 6.45) is 6.52. The Labute approximate surface area is 128 Å². The van der Waals surface area contributed by atoms with Crippen molar-refractivity contribution in [2.45, 2.75) is 45.6 Å². The van der Waals surface area contributed by atoms with Crippen molar-refractivity contribution >= 4 is 5.97 Å². The third-order valence-electron chi connectivity index (χ3n) is 4.11. The minimum absolute atomic E-state index is 0.0480. The lowest BCUT2D eigenvalue weighted by Crippen LogP contribution is -2.34. The van der Waals surface area contributed by atoms with Crippen LogP contribution in [0.4, 0.5) is 0 Å². The number of likely N-dealkylation sites (tertiary alicyclic amines) is 1. The lowest BCUT2D eigenvalue weighted by Gasteiger charge is -2.26. The van der Waals surface area contributed by atoms with Crippen molar-refractivity contribution in [1.29, 1.82) is 0 Å². The van der Waals surface area contributed by atoms with Gasteiger partial charge in [0, 0.05) is 6.54 Å². The molecule has 1 aromatic rings. The Kier molecular flexibility index (Phi) is 6.74. The first-order valence-electron chi connectivity index (χ1n) is 8.18. The zero-order chi connectivity index (χ0) is 14.9. The zero-order valence-electron chi connectivity index (χ0n) is 13.1. The van der Waals surface area contributed by atoms with Gasteiger partial charge in [0.1, 0.15) is 6.61 Å². The average molecular weight is 289 g/mol. The van der Waals surface area contributed by atoms with Gasteiger partial charge in [0.15, 0.2) is 0 Å². The van der Waals surface area contributed by atoms with E-state index >= 15 is 0 Å². The van der Waals surface area contributed by atoms with Crippen LogP contribution in [0.5, 0.6) is 0 Å². The minimum Gasteiger partial charge on any atom is -0.461 e. The van der Waals surface area contributed by atoms with E-state index in [-0.39, 0.29) is 11.9 Å². The van der Waals surface area contributed by atoms with Crippen molar-refractivity contribution in [1.82, 2.24) is 4.90 Å². The van der Waals surface area contributed by atoms with Gasteiger partial charge in [0.2, 0.25) is 0 Å². The fourth-order valence-corrected chi connectivity index (χ4v) is 2.83. The number of carbonyl (C=O) groups excluding carboxylic acids is 1. The quantitative estimate of drug-likeness (QED) is 0.775. The molecule has 1 aliphatic heterocycles. The monoisotopic (exact) mass is 289 g/mol. The highest BCUT2D eigenvalue weighted by molar-refractivity contribution is 5.72. The molecule has 1 aliphatic rings. The van der Waals surface area contributed by atoms with E-state index in [1.54, 1.807) is 0 Å². The Balaban J connectivity index is 1.73. The van der Waals surface area contributed by atoms with Crippen LogP contribution >= 0.6 is 0 Å². The van der Waals surface area contributed by atoms with E-state index in [1.807, 2.05) is 37.3 Å². The van der Waals surface area contributed by atoms with E-state index in [4.69, 9.17) is 4.74 Å². The van der Waals surface area contributed by atoms with E-state index in [1.165, 1.54) is 32.1 Å².